The highest BCUT2D eigenvalue weighted by Crippen LogP contribution is 2.55. The van der Waals surface area contributed by atoms with Gasteiger partial charge in [-0.15, -0.1) is 0 Å². The Bertz CT molecular complexity index is 1590. The summed E-state index contributed by atoms with van der Waals surface area (Å²) in [6.45, 7) is 0. The molecule has 1 aliphatic rings. The van der Waals surface area contributed by atoms with Crippen LogP contribution in [0, 0.1) is 0 Å². The number of aliphatic hydroxyl groups is 5. The van der Waals surface area contributed by atoms with Gasteiger partial charge in [0.2, 0.25) is 11.5 Å². The molecule has 17 nitrogen and oxygen atoms in total. The summed E-state index contributed by atoms with van der Waals surface area (Å²) in [4.78, 5) is 11.4. The third-order valence-corrected chi connectivity index (χ3v) is 7.06. The standard InChI is InChI=1S/C24H23ClN2O15/c25-11-13(29)9(15(31)19(35)17(11)33)20(36)22(39)5-23(40,27-22)24(41,42)26-7-3-1-2-6(4-7)8-12(28)10(21(37)38)16(32)18(34)14(8)30/h1-4,20,26-36,39-42H,5H2,(H,37,38). The van der Waals surface area contributed by atoms with Crippen molar-refractivity contribution in [1.29, 1.82) is 0 Å². The smallest absolute Gasteiger partial charge is 0.343 e. The number of benzene rings is 3. The van der Waals surface area contributed by atoms with Crippen molar-refractivity contribution in [1.82, 2.24) is 5.32 Å². The van der Waals surface area contributed by atoms with E-state index in [1.54, 1.807) is 0 Å². The van der Waals surface area contributed by atoms with Crippen LogP contribution in [0.3, 0.4) is 0 Å². The second-order valence-corrected chi connectivity index (χ2v) is 9.82. The van der Waals surface area contributed by atoms with Crippen LogP contribution in [-0.2, 0) is 0 Å². The SMILES string of the molecule is O=C(O)c1c(O)c(O)c(O)c(-c2cccc(NC(O)(O)C3(O)CC(O)(C(O)c4c(O)c(O)c(O)c(Cl)c4O)N3)c2)c1O. The number of carboxylic acids is 1. The van der Waals surface area contributed by atoms with Gasteiger partial charge in [-0.3, -0.25) is 5.32 Å². The van der Waals surface area contributed by atoms with Crippen LogP contribution in [0.15, 0.2) is 24.3 Å². The zero-order chi connectivity index (χ0) is 31.7. The van der Waals surface area contributed by atoms with E-state index in [2.05, 4.69) is 5.32 Å². The largest absolute Gasteiger partial charge is 0.506 e. The maximum absolute atomic E-state index is 11.4. The Hall–Kier alpha value is -4.62. The van der Waals surface area contributed by atoms with Crippen molar-refractivity contribution < 1.29 is 76.3 Å². The molecule has 0 spiro atoms. The predicted molar refractivity (Wildman–Crippen MR) is 137 cm³/mol. The molecular formula is C24H23ClN2O15. The highest BCUT2D eigenvalue weighted by Gasteiger charge is 2.67. The van der Waals surface area contributed by atoms with Gasteiger partial charge in [0.1, 0.15) is 28.2 Å². The Morgan fingerprint density at radius 1 is 0.881 bits per heavy atom. The lowest BCUT2D eigenvalue weighted by Crippen LogP contribution is -2.83. The van der Waals surface area contributed by atoms with Crippen molar-refractivity contribution >= 4 is 23.3 Å². The molecule has 16 N–H and O–H groups in total. The molecule has 0 amide bonds. The Morgan fingerprint density at radius 3 is 2.02 bits per heavy atom. The fourth-order valence-corrected chi connectivity index (χ4v) is 4.71. The van der Waals surface area contributed by atoms with Crippen molar-refractivity contribution in [3.63, 3.8) is 0 Å². The lowest BCUT2D eigenvalue weighted by molar-refractivity contribution is -0.360. The molecule has 3 aromatic carbocycles. The molecule has 1 fully saturated rings. The van der Waals surface area contributed by atoms with Crippen LogP contribution in [0.2, 0.25) is 5.02 Å². The topological polar surface area (TPSA) is 324 Å². The first-order valence-electron chi connectivity index (χ1n) is 11.4. The Morgan fingerprint density at radius 2 is 1.45 bits per heavy atom. The molecule has 3 atom stereocenters. The van der Waals surface area contributed by atoms with Crippen molar-refractivity contribution in [3.05, 3.63) is 40.4 Å². The molecule has 3 aromatic rings. The summed E-state index contributed by atoms with van der Waals surface area (Å²) in [5.41, 5.74) is -8.97. The number of hydrogen-bond donors (Lipinski definition) is 16. The van der Waals surface area contributed by atoms with Gasteiger partial charge >= 0.3 is 5.97 Å². The van der Waals surface area contributed by atoms with E-state index in [0.29, 0.717) is 0 Å². The number of aliphatic hydroxyl groups excluding tert-OH is 1. The number of phenols is 8. The molecule has 18 heteroatoms. The van der Waals surface area contributed by atoms with Gasteiger partial charge in [0.05, 0.1) is 11.1 Å². The Labute approximate surface area is 237 Å². The van der Waals surface area contributed by atoms with Crippen molar-refractivity contribution in [2.24, 2.45) is 0 Å². The predicted octanol–water partition coefficient (Wildman–Crippen LogP) is -0.496. The number of nitrogens with one attached hydrogen (secondary N) is 2. The molecule has 0 aliphatic carbocycles. The Kier molecular flexibility index (Phi) is 7.04. The Balaban J connectivity index is 1.63. The van der Waals surface area contributed by atoms with E-state index >= 15 is 0 Å². The summed E-state index contributed by atoms with van der Waals surface area (Å²) in [6, 6.07) is 4.53. The highest BCUT2D eigenvalue weighted by atomic mass is 35.5. The number of rotatable bonds is 7. The third kappa shape index (κ3) is 4.41. The van der Waals surface area contributed by atoms with Crippen LogP contribution in [0.25, 0.3) is 11.1 Å². The summed E-state index contributed by atoms with van der Waals surface area (Å²) in [7, 11) is 0. The first-order chi connectivity index (χ1) is 19.3. The lowest BCUT2D eigenvalue weighted by Gasteiger charge is -2.56. The highest BCUT2D eigenvalue weighted by molar-refractivity contribution is 6.34. The maximum atomic E-state index is 11.4. The number of anilines is 1. The fourth-order valence-electron chi connectivity index (χ4n) is 4.52. The quantitative estimate of drug-likeness (QED) is 0.0905. The number of aromatic hydroxyl groups is 8. The van der Waals surface area contributed by atoms with Gasteiger partial charge in [-0.05, 0) is 17.7 Å². The summed E-state index contributed by atoms with van der Waals surface area (Å²) >= 11 is 5.64. The third-order valence-electron chi connectivity index (χ3n) is 6.71. The second kappa shape index (κ2) is 9.74. The molecule has 0 aromatic heterocycles. The van der Waals surface area contributed by atoms with Gasteiger partial charge < -0.3 is 76.8 Å². The van der Waals surface area contributed by atoms with Gasteiger partial charge in [-0.1, -0.05) is 23.7 Å². The summed E-state index contributed by atoms with van der Waals surface area (Å²) in [5, 5.41) is 146. The number of aromatic carboxylic acids is 1. The van der Waals surface area contributed by atoms with Crippen molar-refractivity contribution in [3.8, 4) is 57.1 Å². The molecule has 1 saturated heterocycles. The van der Waals surface area contributed by atoms with E-state index in [-0.39, 0.29) is 11.3 Å². The minimum Gasteiger partial charge on any atom is -0.506 e. The average Bonchev–Trinajstić information content (AvgIpc) is 2.88. The zero-order valence-electron chi connectivity index (χ0n) is 20.6. The minimum absolute atomic E-state index is 0.237. The molecule has 1 aliphatic heterocycles. The van der Waals surface area contributed by atoms with E-state index in [4.69, 9.17) is 11.6 Å². The molecule has 0 saturated carbocycles. The average molecular weight is 615 g/mol. The fraction of sp³-hybridized carbons (Fsp3) is 0.208. The van der Waals surface area contributed by atoms with E-state index in [0.717, 1.165) is 12.1 Å². The van der Waals surface area contributed by atoms with E-state index < -0.39 is 104 Å². The van der Waals surface area contributed by atoms with Gasteiger partial charge in [0, 0.05) is 12.1 Å². The van der Waals surface area contributed by atoms with Gasteiger partial charge in [-0.25, -0.2) is 4.79 Å². The van der Waals surface area contributed by atoms with Crippen molar-refractivity contribution in [2.75, 3.05) is 5.32 Å². The number of carboxylic acid groups (broad SMARTS) is 1. The second-order valence-electron chi connectivity index (χ2n) is 9.44. The molecule has 4 rings (SSSR count). The molecule has 0 bridgehead atoms. The van der Waals surface area contributed by atoms with Crippen LogP contribution in [0.5, 0.6) is 46.0 Å². The van der Waals surface area contributed by atoms with E-state index in [1.807, 2.05) is 5.32 Å². The number of hydrogen-bond acceptors (Lipinski definition) is 16. The molecule has 42 heavy (non-hydrogen) atoms. The molecule has 1 heterocycles. The lowest BCUT2D eigenvalue weighted by atomic mass is 9.79. The van der Waals surface area contributed by atoms with Crippen LogP contribution < -0.4 is 10.6 Å². The van der Waals surface area contributed by atoms with Gasteiger partial charge in [0.25, 0.3) is 5.91 Å². The van der Waals surface area contributed by atoms with Crippen LogP contribution in [0.1, 0.15) is 28.4 Å². The molecule has 3 unspecified atom stereocenters. The molecule has 0 radical (unpaired) electrons. The van der Waals surface area contributed by atoms with Crippen LogP contribution >= 0.6 is 11.6 Å². The number of phenolic OH excluding ortho intramolecular Hbond substituents is 6. The summed E-state index contributed by atoms with van der Waals surface area (Å²) < 4.78 is 0. The number of halogens is 1. The minimum atomic E-state index is -3.41. The van der Waals surface area contributed by atoms with E-state index in [9.17, 15) is 76.3 Å². The number of carbonyl (C=O) groups is 1. The molecule has 226 valence electrons. The monoisotopic (exact) mass is 614 g/mol. The first-order valence-corrected chi connectivity index (χ1v) is 11.8. The van der Waals surface area contributed by atoms with Gasteiger partial charge in [-0.2, -0.15) is 0 Å². The van der Waals surface area contributed by atoms with Crippen LogP contribution in [-0.4, -0.2) is 94.8 Å². The summed E-state index contributed by atoms with van der Waals surface area (Å²) in [6.07, 6.45) is -3.55. The molecular weight excluding hydrogens is 592 g/mol. The first kappa shape index (κ1) is 30.3. The van der Waals surface area contributed by atoms with Crippen molar-refractivity contribution in [2.45, 2.75) is 29.9 Å². The van der Waals surface area contributed by atoms with Gasteiger partial charge in [0.15, 0.2) is 34.4 Å². The van der Waals surface area contributed by atoms with E-state index in [1.165, 1.54) is 12.1 Å². The maximum Gasteiger partial charge on any atom is 0.343 e. The zero-order valence-corrected chi connectivity index (χ0v) is 21.4. The normalized spacial score (nSPS) is 21.0. The summed E-state index contributed by atoms with van der Waals surface area (Å²) in [5.74, 6) is -15.0. The van der Waals surface area contributed by atoms with Crippen LogP contribution in [0.4, 0.5) is 5.69 Å².